The van der Waals surface area contributed by atoms with E-state index < -0.39 is 5.78 Å². The summed E-state index contributed by atoms with van der Waals surface area (Å²) in [5.74, 6) is -0.106. The van der Waals surface area contributed by atoms with Gasteiger partial charge in [0.05, 0.1) is 0 Å². The summed E-state index contributed by atoms with van der Waals surface area (Å²) in [7, 11) is 0. The first-order valence-electron chi connectivity index (χ1n) is 4.88. The van der Waals surface area contributed by atoms with Crippen molar-refractivity contribution in [3.05, 3.63) is 11.1 Å². The second-order valence-corrected chi connectivity index (χ2v) is 4.88. The van der Waals surface area contributed by atoms with Crippen molar-refractivity contribution >= 4 is 12.1 Å². The molecule has 80 valence electrons. The van der Waals surface area contributed by atoms with Crippen molar-refractivity contribution < 1.29 is 9.59 Å². The number of carbonyl (C=O) groups is 2. The van der Waals surface area contributed by atoms with Gasteiger partial charge in [-0.25, -0.2) is 0 Å². The maximum atomic E-state index is 11.2. The van der Waals surface area contributed by atoms with Gasteiger partial charge in [-0.3, -0.25) is 9.59 Å². The van der Waals surface area contributed by atoms with E-state index >= 15 is 0 Å². The van der Waals surface area contributed by atoms with Crippen LogP contribution in [0.4, 0.5) is 0 Å². The summed E-state index contributed by atoms with van der Waals surface area (Å²) in [6, 6.07) is 0. The van der Waals surface area contributed by atoms with E-state index in [0.717, 1.165) is 5.57 Å². The molecule has 0 N–H and O–H groups in total. The maximum Gasteiger partial charge on any atom is 0.221 e. The molecule has 1 unspecified atom stereocenters. The van der Waals surface area contributed by atoms with Gasteiger partial charge in [-0.2, -0.15) is 0 Å². The first-order valence-corrected chi connectivity index (χ1v) is 4.88. The molecule has 1 atom stereocenters. The van der Waals surface area contributed by atoms with Gasteiger partial charge in [-0.1, -0.05) is 33.3 Å². The van der Waals surface area contributed by atoms with Crippen LogP contribution in [0.25, 0.3) is 0 Å². The molecule has 0 heterocycles. The zero-order valence-corrected chi connectivity index (χ0v) is 9.97. The summed E-state index contributed by atoms with van der Waals surface area (Å²) in [5, 5.41) is 0. The number of allylic oxidation sites excluding steroid dienone is 2. The van der Waals surface area contributed by atoms with E-state index in [1.807, 2.05) is 6.92 Å². The molecule has 0 aromatic heterocycles. The van der Waals surface area contributed by atoms with Crippen LogP contribution in [0.2, 0.25) is 0 Å². The van der Waals surface area contributed by atoms with Crippen LogP contribution in [0.1, 0.15) is 41.5 Å². The Morgan fingerprint density at radius 1 is 1.21 bits per heavy atom. The minimum atomic E-state index is -0.404. The van der Waals surface area contributed by atoms with Crippen LogP contribution in [0.3, 0.4) is 0 Å². The highest BCUT2D eigenvalue weighted by Crippen LogP contribution is 2.32. The van der Waals surface area contributed by atoms with Gasteiger partial charge in [-0.15, -0.1) is 0 Å². The van der Waals surface area contributed by atoms with E-state index in [0.29, 0.717) is 17.8 Å². The Morgan fingerprint density at radius 2 is 1.64 bits per heavy atom. The van der Waals surface area contributed by atoms with Crippen LogP contribution in [0.5, 0.6) is 0 Å². The Balaban J connectivity index is 5.01. The molecule has 0 saturated heterocycles. The molecule has 0 saturated carbocycles. The number of hydrogen-bond acceptors (Lipinski definition) is 2. The Kier molecular flexibility index (Phi) is 4.24. The fourth-order valence-electron chi connectivity index (χ4n) is 1.26. The molecule has 0 aromatic carbocycles. The first kappa shape index (κ1) is 13.1. The second kappa shape index (κ2) is 4.54. The van der Waals surface area contributed by atoms with Crippen molar-refractivity contribution in [2.75, 3.05) is 0 Å². The van der Waals surface area contributed by atoms with E-state index in [1.165, 1.54) is 0 Å². The van der Waals surface area contributed by atoms with E-state index in [-0.39, 0.29) is 5.41 Å². The van der Waals surface area contributed by atoms with Gasteiger partial charge in [0.2, 0.25) is 5.78 Å². The molecule has 0 spiro atoms. The molecule has 2 heteroatoms. The first-order chi connectivity index (χ1) is 6.21. The van der Waals surface area contributed by atoms with Crippen LogP contribution in [-0.2, 0) is 9.59 Å². The Labute approximate surface area is 86.4 Å². The lowest BCUT2D eigenvalue weighted by Crippen LogP contribution is -2.20. The molecule has 0 amide bonds. The molecular formula is C12H20O2. The van der Waals surface area contributed by atoms with Crippen LogP contribution in [0, 0.1) is 11.3 Å². The van der Waals surface area contributed by atoms with Gasteiger partial charge >= 0.3 is 0 Å². The highest BCUT2D eigenvalue weighted by molar-refractivity contribution is 6.33. The lowest BCUT2D eigenvalue weighted by molar-refractivity contribution is -0.127. The third-order valence-electron chi connectivity index (χ3n) is 3.02. The molecular weight excluding hydrogens is 176 g/mol. The number of aldehydes is 1. The minimum absolute atomic E-state index is 0.120. The molecule has 0 bridgehead atoms. The minimum Gasteiger partial charge on any atom is -0.294 e. The van der Waals surface area contributed by atoms with Crippen molar-refractivity contribution in [3.8, 4) is 0 Å². The predicted molar refractivity (Wildman–Crippen MR) is 58.1 cm³/mol. The summed E-state index contributed by atoms with van der Waals surface area (Å²) in [4.78, 5) is 21.5. The van der Waals surface area contributed by atoms with E-state index in [9.17, 15) is 9.59 Å². The summed E-state index contributed by atoms with van der Waals surface area (Å²) in [6.07, 6.45) is 0.383. The van der Waals surface area contributed by atoms with Crippen LogP contribution in [0.15, 0.2) is 11.1 Å². The van der Waals surface area contributed by atoms with Crippen molar-refractivity contribution in [2.24, 2.45) is 11.3 Å². The van der Waals surface area contributed by atoms with E-state index in [4.69, 9.17) is 0 Å². The van der Waals surface area contributed by atoms with Crippen LogP contribution >= 0.6 is 0 Å². The standard InChI is InChI=1S/C12H20O2/c1-8(9(2)11(14)7-13)10(3)12(4,5)6/h7,10H,1-6H3/b9-8-. The van der Waals surface area contributed by atoms with Crippen molar-refractivity contribution in [1.82, 2.24) is 0 Å². The SMILES string of the molecule is C/C(C(=O)C=O)=C(\C)C(C)C(C)(C)C. The highest BCUT2D eigenvalue weighted by atomic mass is 16.2. The number of rotatable bonds is 3. The maximum absolute atomic E-state index is 11.2. The van der Waals surface area contributed by atoms with Crippen LogP contribution < -0.4 is 0 Å². The van der Waals surface area contributed by atoms with Gasteiger partial charge in [0.1, 0.15) is 0 Å². The zero-order chi connectivity index (χ0) is 11.5. The summed E-state index contributed by atoms with van der Waals surface area (Å²) in [5.41, 5.74) is 1.71. The molecule has 2 nitrogen and oxygen atoms in total. The van der Waals surface area contributed by atoms with Gasteiger partial charge in [0.15, 0.2) is 6.29 Å². The second-order valence-electron chi connectivity index (χ2n) is 4.88. The van der Waals surface area contributed by atoms with Crippen LogP contribution in [-0.4, -0.2) is 12.1 Å². The molecule has 0 aromatic rings. The molecule has 0 radical (unpaired) electrons. The summed E-state index contributed by atoms with van der Waals surface area (Å²) >= 11 is 0. The number of ketones is 1. The van der Waals surface area contributed by atoms with Gasteiger partial charge in [-0.05, 0) is 30.8 Å². The fraction of sp³-hybridized carbons (Fsp3) is 0.667. The summed E-state index contributed by atoms with van der Waals surface area (Å²) < 4.78 is 0. The van der Waals surface area contributed by atoms with E-state index in [1.54, 1.807) is 6.92 Å². The Bertz CT molecular complexity index is 267. The molecule has 0 aliphatic rings. The molecule has 14 heavy (non-hydrogen) atoms. The summed E-state index contributed by atoms with van der Waals surface area (Å²) in [6.45, 7) is 12.1. The Hall–Kier alpha value is -0.920. The van der Waals surface area contributed by atoms with Crippen molar-refractivity contribution in [2.45, 2.75) is 41.5 Å². The average molecular weight is 196 g/mol. The number of carbonyl (C=O) groups excluding carboxylic acids is 2. The third kappa shape index (κ3) is 3.09. The average Bonchev–Trinajstić information content (AvgIpc) is 2.11. The normalized spacial score (nSPS) is 15.9. The zero-order valence-electron chi connectivity index (χ0n) is 9.97. The number of Topliss-reactive ketones (excluding diaryl/α,β-unsaturated/α-hetero) is 1. The third-order valence-corrected chi connectivity index (χ3v) is 3.02. The number of hydrogen-bond donors (Lipinski definition) is 0. The van der Waals surface area contributed by atoms with Crippen molar-refractivity contribution in [3.63, 3.8) is 0 Å². The lowest BCUT2D eigenvalue weighted by Gasteiger charge is -2.29. The quantitative estimate of drug-likeness (QED) is 0.395. The molecule has 0 fully saturated rings. The topological polar surface area (TPSA) is 34.1 Å². The fourth-order valence-corrected chi connectivity index (χ4v) is 1.26. The predicted octanol–water partition coefficient (Wildman–Crippen LogP) is 2.77. The molecule has 0 aliphatic carbocycles. The smallest absolute Gasteiger partial charge is 0.221 e. The van der Waals surface area contributed by atoms with Crippen molar-refractivity contribution in [1.29, 1.82) is 0 Å². The lowest BCUT2D eigenvalue weighted by atomic mass is 9.76. The van der Waals surface area contributed by atoms with Gasteiger partial charge < -0.3 is 0 Å². The Morgan fingerprint density at radius 3 is 1.93 bits per heavy atom. The van der Waals surface area contributed by atoms with E-state index in [2.05, 4.69) is 27.7 Å². The highest BCUT2D eigenvalue weighted by Gasteiger charge is 2.23. The molecule has 0 aliphatic heterocycles. The largest absolute Gasteiger partial charge is 0.294 e. The van der Waals surface area contributed by atoms with Gasteiger partial charge in [0, 0.05) is 0 Å². The molecule has 0 rings (SSSR count). The monoisotopic (exact) mass is 196 g/mol. The van der Waals surface area contributed by atoms with Gasteiger partial charge in [0.25, 0.3) is 0 Å².